The van der Waals surface area contributed by atoms with Gasteiger partial charge in [-0.15, -0.1) is 0 Å². The second-order valence-corrected chi connectivity index (χ2v) is 7.98. The predicted molar refractivity (Wildman–Crippen MR) is 120 cm³/mol. The number of nitrogens with zero attached hydrogens (tertiary/aromatic N) is 3. The number of carbonyl (C=O) groups is 1. The third-order valence-corrected chi connectivity index (χ3v) is 6.01. The number of hydrogen-bond acceptors (Lipinski definition) is 4. The van der Waals surface area contributed by atoms with Gasteiger partial charge in [-0.1, -0.05) is 30.3 Å². The van der Waals surface area contributed by atoms with E-state index in [1.807, 2.05) is 59.3 Å². The van der Waals surface area contributed by atoms with Crippen LogP contribution in [0.1, 0.15) is 35.9 Å². The van der Waals surface area contributed by atoms with E-state index >= 15 is 0 Å². The number of benzene rings is 2. The Labute approximate surface area is 180 Å². The van der Waals surface area contributed by atoms with E-state index in [4.69, 9.17) is 4.74 Å². The van der Waals surface area contributed by atoms with Crippen molar-refractivity contribution in [2.24, 2.45) is 0 Å². The van der Waals surface area contributed by atoms with E-state index in [0.29, 0.717) is 12.3 Å². The quantitative estimate of drug-likeness (QED) is 0.497. The first-order valence-electron chi connectivity index (χ1n) is 10.5. The summed E-state index contributed by atoms with van der Waals surface area (Å²) in [6.45, 7) is 0. The van der Waals surface area contributed by atoms with Gasteiger partial charge >= 0.3 is 0 Å². The maximum Gasteiger partial charge on any atom is 0.229 e. The largest absolute Gasteiger partial charge is 0.496 e. The molecule has 1 aliphatic carbocycles. The molecule has 5 rings (SSSR count). The second-order valence-electron chi connectivity index (χ2n) is 7.98. The van der Waals surface area contributed by atoms with Crippen LogP contribution in [0.5, 0.6) is 5.75 Å². The molecule has 156 valence electrons. The van der Waals surface area contributed by atoms with Gasteiger partial charge in [0, 0.05) is 17.6 Å². The van der Waals surface area contributed by atoms with Crippen LogP contribution in [-0.2, 0) is 11.2 Å². The fourth-order valence-corrected chi connectivity index (χ4v) is 4.36. The number of methoxy groups -OCH3 is 1. The van der Waals surface area contributed by atoms with Crippen LogP contribution in [0.4, 0.5) is 5.82 Å². The third-order valence-electron chi connectivity index (χ3n) is 6.01. The van der Waals surface area contributed by atoms with Gasteiger partial charge in [0.1, 0.15) is 11.6 Å². The molecule has 1 fully saturated rings. The van der Waals surface area contributed by atoms with Crippen molar-refractivity contribution in [2.45, 2.75) is 31.2 Å². The molecule has 0 radical (unpaired) electrons. The average Bonchev–Trinajstić information content (AvgIpc) is 3.20. The molecule has 6 nitrogen and oxygen atoms in total. The molecule has 1 N–H and O–H groups in total. The highest BCUT2D eigenvalue weighted by Gasteiger charge is 2.34. The van der Waals surface area contributed by atoms with Crippen LogP contribution >= 0.6 is 0 Å². The van der Waals surface area contributed by atoms with Crippen molar-refractivity contribution in [3.8, 4) is 5.75 Å². The van der Waals surface area contributed by atoms with Crippen molar-refractivity contribution < 1.29 is 9.53 Å². The third kappa shape index (κ3) is 3.89. The second kappa shape index (κ2) is 8.22. The van der Waals surface area contributed by atoms with Gasteiger partial charge < -0.3 is 10.1 Å². The summed E-state index contributed by atoms with van der Waals surface area (Å²) in [6, 6.07) is 20.1. The summed E-state index contributed by atoms with van der Waals surface area (Å²) in [5.74, 6) is 2.08. The average molecular weight is 412 g/mol. The minimum absolute atomic E-state index is 0.0504. The van der Waals surface area contributed by atoms with Crippen LogP contribution in [0.15, 0.2) is 73.1 Å². The molecule has 2 aromatic carbocycles. The molecular weight excluding hydrogens is 388 g/mol. The van der Waals surface area contributed by atoms with Crippen LogP contribution in [0.3, 0.4) is 0 Å². The molecule has 31 heavy (non-hydrogen) atoms. The molecule has 0 saturated heterocycles. The molecule has 1 aliphatic rings. The van der Waals surface area contributed by atoms with Crippen LogP contribution in [-0.4, -0.2) is 27.8 Å². The van der Waals surface area contributed by atoms with Crippen molar-refractivity contribution in [1.29, 1.82) is 0 Å². The lowest BCUT2D eigenvalue weighted by molar-refractivity contribution is -0.115. The summed E-state index contributed by atoms with van der Waals surface area (Å²) in [5.41, 5.74) is 3.13. The van der Waals surface area contributed by atoms with E-state index in [0.717, 1.165) is 40.9 Å². The molecule has 0 unspecified atom stereocenters. The van der Waals surface area contributed by atoms with Crippen molar-refractivity contribution in [3.05, 3.63) is 84.2 Å². The summed E-state index contributed by atoms with van der Waals surface area (Å²) >= 11 is 0. The van der Waals surface area contributed by atoms with Gasteiger partial charge in [0.05, 0.1) is 31.3 Å². The Morgan fingerprint density at radius 1 is 1.10 bits per heavy atom. The first-order valence-corrected chi connectivity index (χ1v) is 10.5. The molecule has 0 aliphatic heterocycles. The molecule has 0 spiro atoms. The van der Waals surface area contributed by atoms with Gasteiger partial charge in [0.2, 0.25) is 5.91 Å². The molecular formula is C25H24N4O2. The molecule has 4 aromatic rings. The van der Waals surface area contributed by atoms with E-state index in [1.165, 1.54) is 5.56 Å². The summed E-state index contributed by atoms with van der Waals surface area (Å²) in [5, 5.41) is 8.54. The minimum Gasteiger partial charge on any atom is -0.496 e. The Hall–Kier alpha value is -3.67. The van der Waals surface area contributed by atoms with Crippen molar-refractivity contribution in [1.82, 2.24) is 14.8 Å². The fraction of sp³-hybridized carbons (Fsp3) is 0.240. The maximum absolute atomic E-state index is 12.7. The number of hydrogen-bond donors (Lipinski definition) is 1. The summed E-state index contributed by atoms with van der Waals surface area (Å²) in [6.07, 6.45) is 5.78. The first kappa shape index (κ1) is 19.3. The van der Waals surface area contributed by atoms with E-state index in [-0.39, 0.29) is 11.9 Å². The standard InChI is InChI=1S/C25H24N4O2/c1-31-23-7-3-2-6-21(23)19-15-20(16-19)29-24(10-12-27-29)28-25(30)14-17-8-9-22-18(13-17)5-4-11-26-22/h2-13,19-20H,14-16H2,1H3,(H,28,30). The van der Waals surface area contributed by atoms with Crippen molar-refractivity contribution >= 4 is 22.6 Å². The number of para-hydroxylation sites is 1. The van der Waals surface area contributed by atoms with E-state index in [9.17, 15) is 4.79 Å². The Morgan fingerprint density at radius 2 is 1.97 bits per heavy atom. The normalized spacial score (nSPS) is 17.8. The number of rotatable bonds is 6. The van der Waals surface area contributed by atoms with Crippen LogP contribution in [0, 0.1) is 0 Å². The summed E-state index contributed by atoms with van der Waals surface area (Å²) in [7, 11) is 1.71. The van der Waals surface area contributed by atoms with Gasteiger partial charge in [0.25, 0.3) is 0 Å². The lowest BCUT2D eigenvalue weighted by Crippen LogP contribution is -2.28. The van der Waals surface area contributed by atoms with Gasteiger partial charge in [-0.25, -0.2) is 4.68 Å². The number of nitrogens with one attached hydrogen (secondary N) is 1. The smallest absolute Gasteiger partial charge is 0.229 e. The Bertz CT molecular complexity index is 1230. The number of pyridine rings is 1. The van der Waals surface area contributed by atoms with E-state index in [2.05, 4.69) is 21.5 Å². The molecule has 0 atom stereocenters. The molecule has 1 amide bonds. The number of amides is 1. The van der Waals surface area contributed by atoms with Crippen molar-refractivity contribution in [2.75, 3.05) is 12.4 Å². The van der Waals surface area contributed by atoms with Crippen LogP contribution in [0.2, 0.25) is 0 Å². The fourth-order valence-electron chi connectivity index (χ4n) is 4.36. The van der Waals surface area contributed by atoms with Gasteiger partial charge in [-0.05, 0) is 54.2 Å². The summed E-state index contributed by atoms with van der Waals surface area (Å²) in [4.78, 5) is 17.0. The number of fused-ring (bicyclic) bond motifs is 1. The van der Waals surface area contributed by atoms with Crippen LogP contribution < -0.4 is 10.1 Å². The first-order chi connectivity index (χ1) is 15.2. The SMILES string of the molecule is COc1ccccc1C1CC(n2nccc2NC(=O)Cc2ccc3ncccc3c2)C1. The minimum atomic E-state index is -0.0504. The lowest BCUT2D eigenvalue weighted by Gasteiger charge is -2.37. The molecule has 1 saturated carbocycles. The highest BCUT2D eigenvalue weighted by Crippen LogP contribution is 2.47. The topological polar surface area (TPSA) is 69.0 Å². The number of aromatic nitrogens is 3. The number of ether oxygens (including phenoxy) is 1. The molecule has 2 aromatic heterocycles. The Morgan fingerprint density at radius 3 is 2.84 bits per heavy atom. The maximum atomic E-state index is 12.7. The monoisotopic (exact) mass is 412 g/mol. The van der Waals surface area contributed by atoms with E-state index in [1.54, 1.807) is 19.5 Å². The Kier molecular flexibility index (Phi) is 5.12. The molecule has 2 heterocycles. The zero-order valence-electron chi connectivity index (χ0n) is 17.4. The number of anilines is 1. The van der Waals surface area contributed by atoms with Crippen LogP contribution in [0.25, 0.3) is 10.9 Å². The summed E-state index contributed by atoms with van der Waals surface area (Å²) < 4.78 is 7.44. The number of carbonyl (C=O) groups excluding carboxylic acids is 1. The zero-order valence-corrected chi connectivity index (χ0v) is 17.4. The Balaban J connectivity index is 1.24. The van der Waals surface area contributed by atoms with Crippen molar-refractivity contribution in [3.63, 3.8) is 0 Å². The van der Waals surface area contributed by atoms with E-state index < -0.39 is 0 Å². The predicted octanol–water partition coefficient (Wildman–Crippen LogP) is 4.74. The lowest BCUT2D eigenvalue weighted by atomic mass is 9.75. The zero-order chi connectivity index (χ0) is 21.2. The highest BCUT2D eigenvalue weighted by atomic mass is 16.5. The highest BCUT2D eigenvalue weighted by molar-refractivity contribution is 5.92. The van der Waals surface area contributed by atoms with Gasteiger partial charge in [-0.2, -0.15) is 5.10 Å². The van der Waals surface area contributed by atoms with Gasteiger partial charge in [0.15, 0.2) is 0 Å². The molecule has 0 bridgehead atoms. The molecule has 6 heteroatoms. The van der Waals surface area contributed by atoms with Gasteiger partial charge in [-0.3, -0.25) is 9.78 Å².